The molecule has 162 valence electrons. The SMILES string of the molecule is COc1ccc(-c2nn(CCCC(=O)N3C[C@H](C)C[C@H](C)C3)c(=O)cc2OC)cc1. The van der Waals surface area contributed by atoms with E-state index in [-0.39, 0.29) is 11.5 Å². The monoisotopic (exact) mass is 413 g/mol. The largest absolute Gasteiger partial charge is 0.497 e. The maximum absolute atomic E-state index is 12.6. The highest BCUT2D eigenvalue weighted by Crippen LogP contribution is 2.27. The second-order valence-electron chi connectivity index (χ2n) is 8.20. The molecule has 0 aliphatic carbocycles. The summed E-state index contributed by atoms with van der Waals surface area (Å²) in [5.41, 5.74) is 1.18. The molecular formula is C23H31N3O4. The van der Waals surface area contributed by atoms with Gasteiger partial charge in [0.2, 0.25) is 5.91 Å². The molecular weight excluding hydrogens is 382 g/mol. The molecule has 1 aliphatic rings. The Morgan fingerprint density at radius 3 is 2.37 bits per heavy atom. The molecule has 7 nitrogen and oxygen atoms in total. The van der Waals surface area contributed by atoms with Crippen molar-refractivity contribution >= 4 is 5.91 Å². The van der Waals surface area contributed by atoms with E-state index in [1.165, 1.54) is 24.3 Å². The lowest BCUT2D eigenvalue weighted by atomic mass is 9.91. The van der Waals surface area contributed by atoms with Gasteiger partial charge in [-0.15, -0.1) is 0 Å². The molecule has 0 saturated carbocycles. The number of methoxy groups -OCH3 is 2. The minimum atomic E-state index is -0.239. The number of rotatable bonds is 7. The van der Waals surface area contributed by atoms with Gasteiger partial charge in [-0.05, 0) is 48.9 Å². The fraction of sp³-hybridized carbons (Fsp3) is 0.522. The van der Waals surface area contributed by atoms with Gasteiger partial charge < -0.3 is 14.4 Å². The van der Waals surface area contributed by atoms with Crippen molar-refractivity contribution in [3.05, 3.63) is 40.7 Å². The molecule has 30 heavy (non-hydrogen) atoms. The van der Waals surface area contributed by atoms with Crippen LogP contribution in [0.25, 0.3) is 11.3 Å². The summed E-state index contributed by atoms with van der Waals surface area (Å²) >= 11 is 0. The van der Waals surface area contributed by atoms with E-state index >= 15 is 0 Å². The zero-order valence-electron chi connectivity index (χ0n) is 18.3. The Bertz CT molecular complexity index is 913. The smallest absolute Gasteiger partial charge is 0.270 e. The quantitative estimate of drug-likeness (QED) is 0.697. The van der Waals surface area contributed by atoms with Crippen LogP contribution in [0.1, 0.15) is 33.1 Å². The molecule has 1 aromatic carbocycles. The Balaban J connectivity index is 1.70. The fourth-order valence-corrected chi connectivity index (χ4v) is 4.14. The number of carbonyl (C=O) groups is 1. The van der Waals surface area contributed by atoms with Crippen molar-refractivity contribution in [3.63, 3.8) is 0 Å². The number of carbonyl (C=O) groups excluding carboxylic acids is 1. The van der Waals surface area contributed by atoms with Crippen LogP contribution in [0, 0.1) is 11.8 Å². The molecule has 0 bridgehead atoms. The van der Waals surface area contributed by atoms with Crippen LogP contribution in [0.4, 0.5) is 0 Å². The molecule has 1 fully saturated rings. The molecule has 0 radical (unpaired) electrons. The number of ether oxygens (including phenoxy) is 2. The van der Waals surface area contributed by atoms with Crippen molar-refractivity contribution in [2.45, 2.75) is 39.7 Å². The molecule has 1 aliphatic heterocycles. The maximum atomic E-state index is 12.6. The van der Waals surface area contributed by atoms with Crippen molar-refractivity contribution in [2.24, 2.45) is 11.8 Å². The average molecular weight is 414 g/mol. The van der Waals surface area contributed by atoms with E-state index in [0.29, 0.717) is 42.7 Å². The van der Waals surface area contributed by atoms with E-state index in [9.17, 15) is 9.59 Å². The molecule has 1 amide bonds. The van der Waals surface area contributed by atoms with Gasteiger partial charge in [0, 0.05) is 37.7 Å². The first-order valence-corrected chi connectivity index (χ1v) is 10.5. The van der Waals surface area contributed by atoms with Gasteiger partial charge in [0.05, 0.1) is 14.2 Å². The summed E-state index contributed by atoms with van der Waals surface area (Å²) in [7, 11) is 3.13. The number of amides is 1. The Labute approximate surface area is 177 Å². The van der Waals surface area contributed by atoms with Gasteiger partial charge in [0.25, 0.3) is 5.56 Å². The predicted octanol–water partition coefficient (Wildman–Crippen LogP) is 3.21. The lowest BCUT2D eigenvalue weighted by Crippen LogP contribution is -2.42. The Morgan fingerprint density at radius 1 is 1.10 bits per heavy atom. The maximum Gasteiger partial charge on any atom is 0.270 e. The van der Waals surface area contributed by atoms with Crippen molar-refractivity contribution in [2.75, 3.05) is 27.3 Å². The van der Waals surface area contributed by atoms with E-state index in [1.807, 2.05) is 29.2 Å². The zero-order chi connectivity index (χ0) is 21.7. The third kappa shape index (κ3) is 5.20. The third-order valence-electron chi connectivity index (χ3n) is 5.53. The van der Waals surface area contributed by atoms with Crippen LogP contribution in [-0.2, 0) is 11.3 Å². The molecule has 0 spiro atoms. The first-order valence-electron chi connectivity index (χ1n) is 10.5. The first-order chi connectivity index (χ1) is 14.4. The molecule has 2 atom stereocenters. The second kappa shape index (κ2) is 9.78. The lowest BCUT2D eigenvalue weighted by Gasteiger charge is -2.35. The predicted molar refractivity (Wildman–Crippen MR) is 116 cm³/mol. The van der Waals surface area contributed by atoms with E-state index in [4.69, 9.17) is 9.47 Å². The summed E-state index contributed by atoms with van der Waals surface area (Å²) < 4.78 is 12.0. The van der Waals surface area contributed by atoms with E-state index in [2.05, 4.69) is 18.9 Å². The van der Waals surface area contributed by atoms with Gasteiger partial charge in [-0.25, -0.2) is 4.68 Å². The number of piperidine rings is 1. The topological polar surface area (TPSA) is 73.7 Å². The van der Waals surface area contributed by atoms with Crippen LogP contribution in [0.3, 0.4) is 0 Å². The van der Waals surface area contributed by atoms with Crippen LogP contribution in [0.5, 0.6) is 11.5 Å². The van der Waals surface area contributed by atoms with Gasteiger partial charge in [-0.3, -0.25) is 9.59 Å². The number of hydrogen-bond donors (Lipinski definition) is 0. The Kier molecular flexibility index (Phi) is 7.13. The van der Waals surface area contributed by atoms with Gasteiger partial charge in [-0.2, -0.15) is 5.10 Å². The highest BCUT2D eigenvalue weighted by atomic mass is 16.5. The van der Waals surface area contributed by atoms with Crippen molar-refractivity contribution in [1.29, 1.82) is 0 Å². The van der Waals surface area contributed by atoms with E-state index in [1.54, 1.807) is 7.11 Å². The summed E-state index contributed by atoms with van der Waals surface area (Å²) in [6.45, 7) is 6.42. The minimum absolute atomic E-state index is 0.158. The van der Waals surface area contributed by atoms with Crippen LogP contribution in [-0.4, -0.2) is 47.9 Å². The van der Waals surface area contributed by atoms with Crippen LogP contribution >= 0.6 is 0 Å². The zero-order valence-corrected chi connectivity index (χ0v) is 18.3. The molecule has 1 aromatic heterocycles. The summed E-state index contributed by atoms with van der Waals surface area (Å²) in [6.07, 6.45) is 2.15. The number of benzene rings is 1. The van der Waals surface area contributed by atoms with Gasteiger partial charge >= 0.3 is 0 Å². The summed E-state index contributed by atoms with van der Waals surface area (Å²) in [4.78, 5) is 27.0. The summed E-state index contributed by atoms with van der Waals surface area (Å²) in [5.74, 6) is 2.40. The van der Waals surface area contributed by atoms with E-state index < -0.39 is 0 Å². The first kappa shape index (κ1) is 21.9. The number of aryl methyl sites for hydroxylation is 1. The van der Waals surface area contributed by atoms with E-state index in [0.717, 1.165) is 24.4 Å². The fourth-order valence-electron chi connectivity index (χ4n) is 4.14. The normalized spacial score (nSPS) is 18.9. The molecule has 3 rings (SSSR count). The second-order valence-corrected chi connectivity index (χ2v) is 8.20. The van der Waals surface area contributed by atoms with Crippen LogP contribution in [0.2, 0.25) is 0 Å². The van der Waals surface area contributed by atoms with Gasteiger partial charge in [-0.1, -0.05) is 13.8 Å². The van der Waals surface area contributed by atoms with Gasteiger partial charge in [0.15, 0.2) is 5.75 Å². The van der Waals surface area contributed by atoms with Gasteiger partial charge in [0.1, 0.15) is 11.4 Å². The standard InChI is InChI=1S/C23H31N3O4/c1-16-12-17(2)15-25(14-16)21(27)6-5-11-26-22(28)13-20(30-4)23(24-26)18-7-9-19(29-3)10-8-18/h7-10,13,16-17H,5-6,11-12,14-15H2,1-4H3/t16-,17+. The molecule has 1 saturated heterocycles. The Hall–Kier alpha value is -2.83. The van der Waals surface area contributed by atoms with Crippen molar-refractivity contribution < 1.29 is 14.3 Å². The molecule has 2 aromatic rings. The van der Waals surface area contributed by atoms with Crippen molar-refractivity contribution in [1.82, 2.24) is 14.7 Å². The number of hydrogen-bond acceptors (Lipinski definition) is 5. The highest BCUT2D eigenvalue weighted by Gasteiger charge is 2.25. The van der Waals surface area contributed by atoms with Crippen molar-refractivity contribution in [3.8, 4) is 22.8 Å². The molecule has 2 heterocycles. The number of aromatic nitrogens is 2. The third-order valence-corrected chi connectivity index (χ3v) is 5.53. The molecule has 0 N–H and O–H groups in total. The summed E-state index contributed by atoms with van der Waals surface area (Å²) in [6, 6.07) is 8.88. The molecule has 7 heteroatoms. The Morgan fingerprint density at radius 2 is 1.77 bits per heavy atom. The number of likely N-dealkylation sites (tertiary alicyclic amines) is 1. The highest BCUT2D eigenvalue weighted by molar-refractivity contribution is 5.76. The average Bonchev–Trinajstić information content (AvgIpc) is 2.73. The lowest BCUT2D eigenvalue weighted by molar-refractivity contribution is -0.134. The number of nitrogens with zero attached hydrogens (tertiary/aromatic N) is 3. The van der Waals surface area contributed by atoms with Crippen LogP contribution < -0.4 is 15.0 Å². The van der Waals surface area contributed by atoms with Crippen LogP contribution in [0.15, 0.2) is 35.1 Å². The molecule has 0 unspecified atom stereocenters. The minimum Gasteiger partial charge on any atom is -0.497 e. The summed E-state index contributed by atoms with van der Waals surface area (Å²) in [5, 5.41) is 4.52.